The first-order valence-corrected chi connectivity index (χ1v) is 9.59. The number of esters is 1. The lowest BCUT2D eigenvalue weighted by atomic mass is 10.2. The van der Waals surface area contributed by atoms with Gasteiger partial charge in [0.05, 0.1) is 17.4 Å². The second kappa shape index (κ2) is 8.45. The average Bonchev–Trinajstić information content (AvgIpc) is 3.25. The number of carbonyl (C=O) groups excluding carboxylic acids is 1. The molecule has 1 aliphatic heterocycles. The standard InChI is InChI=1S/C22H22N2O5/c1-15-4-2-10-24-20(25)12-17(23-21(15)24)13-29-22(26)16-6-8-18(9-7-16)28-14-19-5-3-11-27-19/h2,4,6-10,12,19H,3,5,11,13-14H2,1H3/t19-/m1/s1. The van der Waals surface area contributed by atoms with Gasteiger partial charge in [-0.1, -0.05) is 6.07 Å². The Bertz CT molecular complexity index is 1070. The average molecular weight is 394 g/mol. The molecule has 7 heteroatoms. The lowest BCUT2D eigenvalue weighted by Crippen LogP contribution is -2.17. The summed E-state index contributed by atoms with van der Waals surface area (Å²) in [6.45, 7) is 3.10. The van der Waals surface area contributed by atoms with E-state index in [0.717, 1.165) is 25.0 Å². The number of benzene rings is 1. The monoisotopic (exact) mass is 394 g/mol. The van der Waals surface area contributed by atoms with Gasteiger partial charge in [-0.15, -0.1) is 0 Å². The molecular formula is C22H22N2O5. The van der Waals surface area contributed by atoms with Crippen molar-refractivity contribution in [3.8, 4) is 5.75 Å². The van der Waals surface area contributed by atoms with Crippen LogP contribution in [0, 0.1) is 6.92 Å². The minimum absolute atomic E-state index is 0.0732. The van der Waals surface area contributed by atoms with Crippen LogP contribution in [-0.2, 0) is 16.1 Å². The summed E-state index contributed by atoms with van der Waals surface area (Å²) < 4.78 is 18.0. The Morgan fingerprint density at radius 3 is 2.86 bits per heavy atom. The summed E-state index contributed by atoms with van der Waals surface area (Å²) in [5, 5.41) is 0. The van der Waals surface area contributed by atoms with Gasteiger partial charge in [0.1, 0.15) is 24.6 Å². The minimum Gasteiger partial charge on any atom is -0.491 e. The highest BCUT2D eigenvalue weighted by Gasteiger charge is 2.16. The maximum absolute atomic E-state index is 12.3. The molecule has 1 aliphatic rings. The van der Waals surface area contributed by atoms with Gasteiger partial charge in [-0.3, -0.25) is 9.20 Å². The SMILES string of the molecule is Cc1cccn2c(=O)cc(COC(=O)c3ccc(OC[C@H]4CCCO4)cc3)nc12. The van der Waals surface area contributed by atoms with Crippen molar-refractivity contribution < 1.29 is 19.0 Å². The Kier molecular flexibility index (Phi) is 5.57. The van der Waals surface area contributed by atoms with Crippen LogP contribution in [0.15, 0.2) is 53.5 Å². The van der Waals surface area contributed by atoms with E-state index in [4.69, 9.17) is 14.2 Å². The number of hydrogen-bond acceptors (Lipinski definition) is 6. The molecule has 1 atom stereocenters. The fraction of sp³-hybridized carbons (Fsp3) is 0.318. The zero-order valence-electron chi connectivity index (χ0n) is 16.2. The number of pyridine rings is 1. The molecule has 0 amide bonds. The molecule has 2 aromatic heterocycles. The Morgan fingerprint density at radius 2 is 2.10 bits per heavy atom. The molecule has 0 unspecified atom stereocenters. The van der Waals surface area contributed by atoms with Crippen LogP contribution in [0.3, 0.4) is 0 Å². The second-order valence-electron chi connectivity index (χ2n) is 7.02. The molecule has 0 saturated carbocycles. The van der Waals surface area contributed by atoms with E-state index in [1.54, 1.807) is 36.5 Å². The van der Waals surface area contributed by atoms with Crippen LogP contribution in [0.5, 0.6) is 5.75 Å². The van der Waals surface area contributed by atoms with E-state index in [0.29, 0.717) is 29.3 Å². The third-order valence-electron chi connectivity index (χ3n) is 4.84. The number of nitrogens with zero attached hydrogens (tertiary/aromatic N) is 2. The number of fused-ring (bicyclic) bond motifs is 1. The largest absolute Gasteiger partial charge is 0.491 e. The van der Waals surface area contributed by atoms with Gasteiger partial charge < -0.3 is 14.2 Å². The van der Waals surface area contributed by atoms with Crippen LogP contribution < -0.4 is 10.3 Å². The fourth-order valence-corrected chi connectivity index (χ4v) is 3.26. The predicted molar refractivity (Wildman–Crippen MR) is 106 cm³/mol. The summed E-state index contributed by atoms with van der Waals surface area (Å²) in [7, 11) is 0. The predicted octanol–water partition coefficient (Wildman–Crippen LogP) is 2.92. The Morgan fingerprint density at radius 1 is 1.28 bits per heavy atom. The molecule has 29 heavy (non-hydrogen) atoms. The molecule has 1 aromatic carbocycles. The lowest BCUT2D eigenvalue weighted by molar-refractivity contribution is 0.0467. The van der Waals surface area contributed by atoms with Gasteiger partial charge >= 0.3 is 5.97 Å². The topological polar surface area (TPSA) is 79.1 Å². The van der Waals surface area contributed by atoms with Gasteiger partial charge in [-0.25, -0.2) is 9.78 Å². The molecule has 4 rings (SSSR count). The summed E-state index contributed by atoms with van der Waals surface area (Å²) in [5.74, 6) is 0.194. The highest BCUT2D eigenvalue weighted by molar-refractivity contribution is 5.89. The van der Waals surface area contributed by atoms with Crippen LogP contribution in [0.4, 0.5) is 0 Å². The van der Waals surface area contributed by atoms with Gasteiger partial charge in [0, 0.05) is 18.9 Å². The van der Waals surface area contributed by atoms with Gasteiger partial charge in [-0.05, 0) is 55.7 Å². The normalized spacial score (nSPS) is 16.1. The van der Waals surface area contributed by atoms with Crippen LogP contribution in [0.2, 0.25) is 0 Å². The highest BCUT2D eigenvalue weighted by atomic mass is 16.5. The van der Waals surface area contributed by atoms with Gasteiger partial charge in [0.2, 0.25) is 0 Å². The van der Waals surface area contributed by atoms with E-state index >= 15 is 0 Å². The molecule has 1 fully saturated rings. The molecule has 0 spiro atoms. The summed E-state index contributed by atoms with van der Waals surface area (Å²) in [6.07, 6.45) is 3.88. The van der Waals surface area contributed by atoms with Gasteiger partial charge in [0.25, 0.3) is 5.56 Å². The first-order valence-electron chi connectivity index (χ1n) is 9.59. The molecule has 0 aliphatic carbocycles. The summed E-state index contributed by atoms with van der Waals surface area (Å²) >= 11 is 0. The van der Waals surface area contributed by atoms with Crippen molar-refractivity contribution in [2.75, 3.05) is 13.2 Å². The van der Waals surface area contributed by atoms with Crippen LogP contribution in [-0.4, -0.2) is 34.7 Å². The van der Waals surface area contributed by atoms with E-state index in [-0.39, 0.29) is 18.3 Å². The van der Waals surface area contributed by atoms with E-state index < -0.39 is 5.97 Å². The molecule has 150 valence electrons. The fourth-order valence-electron chi connectivity index (χ4n) is 3.26. The van der Waals surface area contributed by atoms with Crippen molar-refractivity contribution in [3.05, 3.63) is 75.8 Å². The van der Waals surface area contributed by atoms with Crippen molar-refractivity contribution >= 4 is 11.6 Å². The smallest absolute Gasteiger partial charge is 0.338 e. The Hall–Kier alpha value is -3.19. The maximum atomic E-state index is 12.3. The van der Waals surface area contributed by atoms with Crippen molar-refractivity contribution in [1.82, 2.24) is 9.38 Å². The second-order valence-corrected chi connectivity index (χ2v) is 7.02. The van der Waals surface area contributed by atoms with Crippen molar-refractivity contribution in [3.63, 3.8) is 0 Å². The van der Waals surface area contributed by atoms with E-state index in [9.17, 15) is 9.59 Å². The molecule has 3 aromatic rings. The number of rotatable bonds is 6. The highest BCUT2D eigenvalue weighted by Crippen LogP contribution is 2.17. The van der Waals surface area contributed by atoms with Crippen molar-refractivity contribution in [2.24, 2.45) is 0 Å². The maximum Gasteiger partial charge on any atom is 0.338 e. The van der Waals surface area contributed by atoms with Crippen LogP contribution in [0.1, 0.15) is 34.5 Å². The molecule has 7 nitrogen and oxygen atoms in total. The van der Waals surface area contributed by atoms with E-state index in [1.807, 2.05) is 13.0 Å². The molecule has 0 bridgehead atoms. The third-order valence-corrected chi connectivity index (χ3v) is 4.84. The number of aryl methyl sites for hydroxylation is 1. The molecule has 1 saturated heterocycles. The first-order chi connectivity index (χ1) is 14.1. The van der Waals surface area contributed by atoms with E-state index in [1.165, 1.54) is 10.5 Å². The molecular weight excluding hydrogens is 372 g/mol. The number of aromatic nitrogens is 2. The molecule has 0 N–H and O–H groups in total. The summed E-state index contributed by atoms with van der Waals surface area (Å²) in [4.78, 5) is 29.0. The first kappa shape index (κ1) is 19.1. The van der Waals surface area contributed by atoms with Crippen LogP contribution >= 0.6 is 0 Å². The van der Waals surface area contributed by atoms with Crippen molar-refractivity contribution in [1.29, 1.82) is 0 Å². The number of carbonyl (C=O) groups is 1. The van der Waals surface area contributed by atoms with Crippen LogP contribution in [0.25, 0.3) is 5.65 Å². The van der Waals surface area contributed by atoms with Gasteiger partial charge in [-0.2, -0.15) is 0 Å². The number of ether oxygens (including phenoxy) is 3. The number of hydrogen-bond donors (Lipinski definition) is 0. The zero-order chi connectivity index (χ0) is 20.2. The van der Waals surface area contributed by atoms with E-state index in [2.05, 4.69) is 4.98 Å². The molecule has 0 radical (unpaired) electrons. The van der Waals surface area contributed by atoms with Crippen molar-refractivity contribution in [2.45, 2.75) is 32.5 Å². The third kappa shape index (κ3) is 4.46. The quantitative estimate of drug-likeness (QED) is 0.598. The Balaban J connectivity index is 1.37. The molecule has 3 heterocycles. The zero-order valence-corrected chi connectivity index (χ0v) is 16.2. The van der Waals surface area contributed by atoms with Gasteiger partial charge in [0.15, 0.2) is 0 Å². The lowest BCUT2D eigenvalue weighted by Gasteiger charge is -2.11. The Labute approximate surface area is 167 Å². The summed E-state index contributed by atoms with van der Waals surface area (Å²) in [6, 6.07) is 11.8. The summed E-state index contributed by atoms with van der Waals surface area (Å²) in [5.41, 5.74) is 2.03. The minimum atomic E-state index is -0.484.